The van der Waals surface area contributed by atoms with Gasteiger partial charge in [-0.3, -0.25) is 0 Å². The fourth-order valence-corrected chi connectivity index (χ4v) is 3.97. The number of likely N-dealkylation sites (tertiary alicyclic amines) is 1. The van der Waals surface area contributed by atoms with Crippen LogP contribution in [-0.4, -0.2) is 47.2 Å². The van der Waals surface area contributed by atoms with Crippen molar-refractivity contribution in [1.82, 2.24) is 19.8 Å². The van der Waals surface area contributed by atoms with Crippen LogP contribution in [0.15, 0.2) is 54.9 Å². The van der Waals surface area contributed by atoms with Crippen molar-refractivity contribution in [1.29, 1.82) is 0 Å². The molecule has 1 fully saturated rings. The Balaban J connectivity index is 1.21. The Labute approximate surface area is 171 Å². The van der Waals surface area contributed by atoms with Gasteiger partial charge in [0.15, 0.2) is 0 Å². The number of nitrogens with one attached hydrogen (secondary N) is 1. The van der Waals surface area contributed by atoms with E-state index in [1.165, 1.54) is 11.1 Å². The quantitative estimate of drug-likeness (QED) is 0.696. The standard InChI is InChI=1S/C23H28N4O2/c1-29-20-8-6-18(7-9-20)10-13-24-23(28)26-14-11-19(12-15-26)16-27-17-25-21-4-2-3-5-22(21)27/h2-9,17,19H,10-16H2,1H3,(H,24,28). The fourth-order valence-electron chi connectivity index (χ4n) is 3.97. The van der Waals surface area contributed by atoms with E-state index >= 15 is 0 Å². The number of hydrogen-bond acceptors (Lipinski definition) is 3. The molecule has 0 atom stereocenters. The van der Waals surface area contributed by atoms with Gasteiger partial charge < -0.3 is 19.5 Å². The smallest absolute Gasteiger partial charge is 0.317 e. The maximum Gasteiger partial charge on any atom is 0.317 e. The minimum Gasteiger partial charge on any atom is -0.497 e. The van der Waals surface area contributed by atoms with Crippen LogP contribution in [0.2, 0.25) is 0 Å². The minimum atomic E-state index is 0.0463. The third-order valence-corrected chi connectivity index (χ3v) is 5.73. The first kappa shape index (κ1) is 19.3. The van der Waals surface area contributed by atoms with Crippen LogP contribution in [0, 0.1) is 5.92 Å². The Morgan fingerprint density at radius 1 is 1.14 bits per heavy atom. The second-order valence-electron chi connectivity index (χ2n) is 7.65. The van der Waals surface area contributed by atoms with Crippen molar-refractivity contribution in [3.8, 4) is 5.75 Å². The molecule has 0 aliphatic carbocycles. The number of piperidine rings is 1. The topological polar surface area (TPSA) is 59.4 Å². The number of para-hydroxylation sites is 2. The molecule has 1 N–H and O–H groups in total. The highest BCUT2D eigenvalue weighted by molar-refractivity contribution is 5.75. The molecule has 0 unspecified atom stereocenters. The third-order valence-electron chi connectivity index (χ3n) is 5.73. The first-order valence-electron chi connectivity index (χ1n) is 10.3. The molecule has 2 heterocycles. The molecule has 29 heavy (non-hydrogen) atoms. The van der Waals surface area contributed by atoms with Crippen LogP contribution >= 0.6 is 0 Å². The molecule has 6 heteroatoms. The van der Waals surface area contributed by atoms with Gasteiger partial charge in [0.25, 0.3) is 0 Å². The molecule has 2 amide bonds. The van der Waals surface area contributed by atoms with E-state index in [0.29, 0.717) is 12.5 Å². The summed E-state index contributed by atoms with van der Waals surface area (Å²) in [5, 5.41) is 3.05. The highest BCUT2D eigenvalue weighted by atomic mass is 16.5. The first-order chi connectivity index (χ1) is 14.2. The number of carbonyl (C=O) groups is 1. The highest BCUT2D eigenvalue weighted by Crippen LogP contribution is 2.22. The molecule has 0 bridgehead atoms. The zero-order valence-corrected chi connectivity index (χ0v) is 16.9. The number of amides is 2. The lowest BCUT2D eigenvalue weighted by Gasteiger charge is -2.32. The summed E-state index contributed by atoms with van der Waals surface area (Å²) >= 11 is 0. The van der Waals surface area contributed by atoms with E-state index in [0.717, 1.165) is 50.2 Å². The SMILES string of the molecule is COc1ccc(CCNC(=O)N2CCC(Cn3cnc4ccccc43)CC2)cc1. The Morgan fingerprint density at radius 2 is 1.90 bits per heavy atom. The lowest BCUT2D eigenvalue weighted by atomic mass is 9.97. The van der Waals surface area contributed by atoms with Crippen molar-refractivity contribution in [2.24, 2.45) is 5.92 Å². The van der Waals surface area contributed by atoms with Crippen molar-refractivity contribution in [3.05, 3.63) is 60.4 Å². The van der Waals surface area contributed by atoms with E-state index in [9.17, 15) is 4.79 Å². The number of aromatic nitrogens is 2. The predicted molar refractivity (Wildman–Crippen MR) is 114 cm³/mol. The number of carbonyl (C=O) groups excluding carboxylic acids is 1. The average molecular weight is 393 g/mol. The van der Waals surface area contributed by atoms with E-state index in [2.05, 4.69) is 27.0 Å². The lowest BCUT2D eigenvalue weighted by molar-refractivity contribution is 0.166. The number of rotatable bonds is 6. The Bertz CT molecular complexity index is 943. The van der Waals surface area contributed by atoms with Gasteiger partial charge in [0.2, 0.25) is 0 Å². The van der Waals surface area contributed by atoms with Gasteiger partial charge in [-0.1, -0.05) is 24.3 Å². The fraction of sp³-hybridized carbons (Fsp3) is 0.391. The molecular weight excluding hydrogens is 364 g/mol. The largest absolute Gasteiger partial charge is 0.497 e. The summed E-state index contributed by atoms with van der Waals surface area (Å²) in [5.74, 6) is 1.43. The van der Waals surface area contributed by atoms with Crippen LogP contribution in [-0.2, 0) is 13.0 Å². The molecule has 152 valence electrons. The number of nitrogens with zero attached hydrogens (tertiary/aromatic N) is 3. The molecule has 1 aliphatic rings. The Kier molecular flexibility index (Phi) is 5.98. The van der Waals surface area contributed by atoms with Gasteiger partial charge in [-0.05, 0) is 55.0 Å². The number of imidazole rings is 1. The first-order valence-corrected chi connectivity index (χ1v) is 10.3. The summed E-state index contributed by atoms with van der Waals surface area (Å²) < 4.78 is 7.41. The maximum absolute atomic E-state index is 12.5. The van der Waals surface area contributed by atoms with Gasteiger partial charge in [-0.2, -0.15) is 0 Å². The summed E-state index contributed by atoms with van der Waals surface area (Å²) in [6.45, 7) is 3.23. The van der Waals surface area contributed by atoms with Crippen LogP contribution in [0.1, 0.15) is 18.4 Å². The molecule has 3 aromatic rings. The molecule has 1 aromatic heterocycles. The molecule has 6 nitrogen and oxygen atoms in total. The van der Waals surface area contributed by atoms with Crippen LogP contribution < -0.4 is 10.1 Å². The molecular formula is C23H28N4O2. The molecule has 0 radical (unpaired) electrons. The number of urea groups is 1. The van der Waals surface area contributed by atoms with Gasteiger partial charge in [0, 0.05) is 26.2 Å². The Morgan fingerprint density at radius 3 is 2.66 bits per heavy atom. The van der Waals surface area contributed by atoms with Crippen LogP contribution in [0.4, 0.5) is 4.79 Å². The second-order valence-corrected chi connectivity index (χ2v) is 7.65. The minimum absolute atomic E-state index is 0.0463. The molecule has 1 saturated heterocycles. The van der Waals surface area contributed by atoms with Gasteiger partial charge in [-0.25, -0.2) is 9.78 Å². The van der Waals surface area contributed by atoms with E-state index in [1.54, 1.807) is 7.11 Å². The number of fused-ring (bicyclic) bond motifs is 1. The molecule has 2 aromatic carbocycles. The van der Waals surface area contributed by atoms with Crippen LogP contribution in [0.3, 0.4) is 0 Å². The van der Waals surface area contributed by atoms with Gasteiger partial charge in [0.1, 0.15) is 5.75 Å². The van der Waals surface area contributed by atoms with Crippen molar-refractivity contribution in [3.63, 3.8) is 0 Å². The van der Waals surface area contributed by atoms with E-state index in [4.69, 9.17) is 4.74 Å². The van der Waals surface area contributed by atoms with Crippen LogP contribution in [0.5, 0.6) is 5.75 Å². The van der Waals surface area contributed by atoms with Crippen molar-refractivity contribution in [2.75, 3.05) is 26.7 Å². The number of hydrogen-bond donors (Lipinski definition) is 1. The molecule has 0 saturated carbocycles. The molecule has 1 aliphatic heterocycles. The summed E-state index contributed by atoms with van der Waals surface area (Å²) in [5.41, 5.74) is 3.42. The predicted octanol–water partition coefficient (Wildman–Crippen LogP) is 3.71. The average Bonchev–Trinajstić information content (AvgIpc) is 3.17. The lowest BCUT2D eigenvalue weighted by Crippen LogP contribution is -2.45. The van der Waals surface area contributed by atoms with Crippen LogP contribution in [0.25, 0.3) is 11.0 Å². The van der Waals surface area contributed by atoms with Crippen molar-refractivity contribution in [2.45, 2.75) is 25.8 Å². The van der Waals surface area contributed by atoms with E-state index < -0.39 is 0 Å². The maximum atomic E-state index is 12.5. The summed E-state index contributed by atoms with van der Waals surface area (Å²) in [6, 6.07) is 16.3. The van der Waals surface area contributed by atoms with E-state index in [-0.39, 0.29) is 6.03 Å². The van der Waals surface area contributed by atoms with Gasteiger partial charge in [-0.15, -0.1) is 0 Å². The monoisotopic (exact) mass is 392 g/mol. The number of methoxy groups -OCH3 is 1. The van der Waals surface area contributed by atoms with Crippen molar-refractivity contribution < 1.29 is 9.53 Å². The molecule has 0 spiro atoms. The highest BCUT2D eigenvalue weighted by Gasteiger charge is 2.23. The van der Waals surface area contributed by atoms with Crippen molar-refractivity contribution >= 4 is 17.1 Å². The number of ether oxygens (including phenoxy) is 1. The third kappa shape index (κ3) is 4.70. The molecule has 4 rings (SSSR count). The van der Waals surface area contributed by atoms with E-state index in [1.807, 2.05) is 47.6 Å². The zero-order chi connectivity index (χ0) is 20.1. The zero-order valence-electron chi connectivity index (χ0n) is 16.9. The summed E-state index contributed by atoms with van der Waals surface area (Å²) in [6.07, 6.45) is 4.81. The Hall–Kier alpha value is -3.02. The normalized spacial score (nSPS) is 14.9. The second kappa shape index (κ2) is 8.99. The number of benzene rings is 2. The van der Waals surface area contributed by atoms with Gasteiger partial charge >= 0.3 is 6.03 Å². The summed E-state index contributed by atoms with van der Waals surface area (Å²) in [7, 11) is 1.66. The summed E-state index contributed by atoms with van der Waals surface area (Å²) in [4.78, 5) is 18.9. The van der Waals surface area contributed by atoms with Gasteiger partial charge in [0.05, 0.1) is 24.5 Å².